The smallest absolute Gasteiger partial charge is 0.338 e. The van der Waals surface area contributed by atoms with Gasteiger partial charge in [-0.3, -0.25) is 4.79 Å². The zero-order chi connectivity index (χ0) is 25.8. The number of ether oxygens (including phenoxy) is 2. The van der Waals surface area contributed by atoms with Crippen LogP contribution in [0, 0.1) is 11.8 Å². The van der Waals surface area contributed by atoms with Crippen LogP contribution < -0.4 is 0 Å². The second kappa shape index (κ2) is 10.7. The number of carbonyl (C=O) groups is 2. The quantitative estimate of drug-likeness (QED) is 0.317. The second-order valence-corrected chi connectivity index (χ2v) is 10.2. The predicted octanol–water partition coefficient (Wildman–Crippen LogP) is 5.77. The Hall–Kier alpha value is -3.70. The molecule has 3 aromatic carbocycles. The highest BCUT2D eigenvalue weighted by molar-refractivity contribution is 5.90. The summed E-state index contributed by atoms with van der Waals surface area (Å²) in [6.07, 6.45) is 4.69. The minimum absolute atomic E-state index is 0.101. The maximum Gasteiger partial charge on any atom is 0.338 e. The fourth-order valence-electron chi connectivity index (χ4n) is 5.63. The van der Waals surface area contributed by atoms with Gasteiger partial charge in [0.2, 0.25) is 0 Å². The normalized spacial score (nSPS) is 25.6. The van der Waals surface area contributed by atoms with E-state index in [2.05, 4.69) is 0 Å². The molecule has 0 amide bonds. The van der Waals surface area contributed by atoms with Crippen molar-refractivity contribution in [3.63, 3.8) is 0 Å². The first-order valence-corrected chi connectivity index (χ1v) is 12.9. The van der Waals surface area contributed by atoms with E-state index in [9.17, 15) is 14.7 Å². The third-order valence-corrected chi connectivity index (χ3v) is 7.63. The van der Waals surface area contributed by atoms with Gasteiger partial charge in [0.1, 0.15) is 11.7 Å². The number of fused-ring (bicyclic) bond motifs is 1. The van der Waals surface area contributed by atoms with Crippen molar-refractivity contribution in [2.24, 2.45) is 11.8 Å². The van der Waals surface area contributed by atoms with Gasteiger partial charge in [0, 0.05) is 18.3 Å². The van der Waals surface area contributed by atoms with Gasteiger partial charge in [-0.15, -0.1) is 0 Å². The van der Waals surface area contributed by atoms with Crippen LogP contribution in [0.2, 0.25) is 0 Å². The van der Waals surface area contributed by atoms with Crippen LogP contribution in [0.3, 0.4) is 0 Å². The topological polar surface area (TPSA) is 72.8 Å². The van der Waals surface area contributed by atoms with E-state index < -0.39 is 23.8 Å². The average molecular weight is 497 g/mol. The van der Waals surface area contributed by atoms with Gasteiger partial charge in [-0.25, -0.2) is 4.79 Å². The SMILES string of the molecule is C[C@@]12C[C@@H](OC(=O)c3ccc(-c4ccccc4)cc3)C(/C=C/[C@@H](O)CCc3ccccc3)[C@H]1CC(=O)O2. The molecular weight excluding hydrogens is 464 g/mol. The summed E-state index contributed by atoms with van der Waals surface area (Å²) in [5.74, 6) is -0.939. The molecule has 5 atom stereocenters. The Labute approximate surface area is 217 Å². The van der Waals surface area contributed by atoms with Crippen LogP contribution in [0.15, 0.2) is 97.1 Å². The molecule has 1 unspecified atom stereocenters. The molecule has 0 bridgehead atoms. The summed E-state index contributed by atoms with van der Waals surface area (Å²) in [6, 6.07) is 27.4. The first-order valence-electron chi connectivity index (χ1n) is 12.9. The lowest BCUT2D eigenvalue weighted by Crippen LogP contribution is -2.28. The molecule has 5 rings (SSSR count). The fraction of sp³-hybridized carbons (Fsp3) is 0.312. The van der Waals surface area contributed by atoms with Crippen molar-refractivity contribution >= 4 is 11.9 Å². The van der Waals surface area contributed by atoms with Gasteiger partial charge in [0.05, 0.1) is 18.1 Å². The minimum Gasteiger partial charge on any atom is -0.459 e. The standard InChI is InChI=1S/C32H32O5/c1-32-21-29(36-31(35)25-15-13-24(14-16-25)23-10-6-3-7-11-23)27(28(32)20-30(34)37-32)19-18-26(33)17-12-22-8-4-2-5-9-22/h2-11,13-16,18-19,26-29,33H,12,17,20-21H2,1H3/b19-18+/t26-,27?,28+,29+,32+/m0/s1. The summed E-state index contributed by atoms with van der Waals surface area (Å²) in [4.78, 5) is 25.2. The number of benzene rings is 3. The van der Waals surface area contributed by atoms with Crippen molar-refractivity contribution in [2.75, 3.05) is 0 Å². The van der Waals surface area contributed by atoms with E-state index in [1.54, 1.807) is 18.2 Å². The lowest BCUT2D eigenvalue weighted by atomic mass is 9.86. The number of hydrogen-bond donors (Lipinski definition) is 1. The average Bonchev–Trinajstić information content (AvgIpc) is 3.34. The molecule has 3 aromatic rings. The largest absolute Gasteiger partial charge is 0.459 e. The molecule has 2 aliphatic rings. The van der Waals surface area contributed by atoms with E-state index >= 15 is 0 Å². The summed E-state index contributed by atoms with van der Waals surface area (Å²) >= 11 is 0. The number of esters is 2. The molecule has 190 valence electrons. The van der Waals surface area contributed by atoms with Crippen molar-refractivity contribution in [1.29, 1.82) is 0 Å². The zero-order valence-corrected chi connectivity index (χ0v) is 21.0. The molecule has 37 heavy (non-hydrogen) atoms. The van der Waals surface area contributed by atoms with Gasteiger partial charge in [-0.1, -0.05) is 84.9 Å². The lowest BCUT2D eigenvalue weighted by molar-refractivity contribution is -0.148. The molecule has 2 fully saturated rings. The molecule has 5 nitrogen and oxygen atoms in total. The summed E-state index contributed by atoms with van der Waals surface area (Å²) in [6.45, 7) is 1.91. The second-order valence-electron chi connectivity index (χ2n) is 10.2. The highest BCUT2D eigenvalue weighted by Gasteiger charge is 2.58. The van der Waals surface area contributed by atoms with E-state index in [0.29, 0.717) is 18.4 Å². The molecule has 0 radical (unpaired) electrons. The number of aryl methyl sites for hydroxylation is 1. The summed E-state index contributed by atoms with van der Waals surface area (Å²) in [7, 11) is 0. The van der Waals surface area contributed by atoms with E-state index in [4.69, 9.17) is 9.47 Å². The van der Waals surface area contributed by atoms with Crippen LogP contribution >= 0.6 is 0 Å². The molecule has 0 spiro atoms. The van der Waals surface area contributed by atoms with E-state index in [1.807, 2.05) is 85.8 Å². The van der Waals surface area contributed by atoms with Crippen LogP contribution in [0.4, 0.5) is 0 Å². The molecule has 0 aromatic heterocycles. The zero-order valence-electron chi connectivity index (χ0n) is 21.0. The Balaban J connectivity index is 1.27. The van der Waals surface area contributed by atoms with Crippen molar-refractivity contribution in [2.45, 2.75) is 50.4 Å². The maximum atomic E-state index is 13.1. The molecule has 1 saturated carbocycles. The van der Waals surface area contributed by atoms with Gasteiger partial charge < -0.3 is 14.6 Å². The number of rotatable bonds is 8. The summed E-state index contributed by atoms with van der Waals surface area (Å²) in [5, 5.41) is 10.6. The monoisotopic (exact) mass is 496 g/mol. The van der Waals surface area contributed by atoms with Crippen LogP contribution in [-0.2, 0) is 20.7 Å². The van der Waals surface area contributed by atoms with Gasteiger partial charge >= 0.3 is 11.9 Å². The van der Waals surface area contributed by atoms with Gasteiger partial charge in [0.25, 0.3) is 0 Å². The number of carbonyl (C=O) groups excluding carboxylic acids is 2. The molecule has 1 saturated heterocycles. The van der Waals surface area contributed by atoms with Crippen LogP contribution in [0.1, 0.15) is 42.1 Å². The Morgan fingerprint density at radius 2 is 1.68 bits per heavy atom. The van der Waals surface area contributed by atoms with Crippen molar-refractivity contribution in [1.82, 2.24) is 0 Å². The highest BCUT2D eigenvalue weighted by Crippen LogP contribution is 2.51. The Bertz CT molecular complexity index is 1250. The number of aliphatic hydroxyl groups excluding tert-OH is 1. The number of aliphatic hydroxyl groups is 1. The van der Waals surface area contributed by atoms with Crippen molar-refractivity contribution in [3.8, 4) is 11.1 Å². The van der Waals surface area contributed by atoms with Crippen LogP contribution in [0.5, 0.6) is 0 Å². The summed E-state index contributed by atoms with van der Waals surface area (Å²) in [5.41, 5.74) is 3.07. The van der Waals surface area contributed by atoms with E-state index in [-0.39, 0.29) is 24.2 Å². The molecular formula is C32H32O5. The highest BCUT2D eigenvalue weighted by atomic mass is 16.6. The minimum atomic E-state index is -0.677. The Morgan fingerprint density at radius 1 is 1.03 bits per heavy atom. The van der Waals surface area contributed by atoms with E-state index in [0.717, 1.165) is 17.5 Å². The fourth-order valence-corrected chi connectivity index (χ4v) is 5.63. The Morgan fingerprint density at radius 3 is 2.38 bits per heavy atom. The maximum absolute atomic E-state index is 13.1. The predicted molar refractivity (Wildman–Crippen MR) is 142 cm³/mol. The summed E-state index contributed by atoms with van der Waals surface area (Å²) < 4.78 is 11.7. The third kappa shape index (κ3) is 5.67. The van der Waals surface area contributed by atoms with Crippen LogP contribution in [0.25, 0.3) is 11.1 Å². The molecule has 1 aliphatic carbocycles. The molecule has 5 heteroatoms. The number of hydrogen-bond acceptors (Lipinski definition) is 5. The lowest BCUT2D eigenvalue weighted by Gasteiger charge is -2.22. The van der Waals surface area contributed by atoms with Gasteiger partial charge in [-0.05, 0) is 48.6 Å². The first kappa shape index (κ1) is 25.0. The molecule has 1 N–H and O–H groups in total. The van der Waals surface area contributed by atoms with Gasteiger partial charge in [0.15, 0.2) is 0 Å². The third-order valence-electron chi connectivity index (χ3n) is 7.63. The molecule has 1 aliphatic heterocycles. The first-order chi connectivity index (χ1) is 17.9. The van der Waals surface area contributed by atoms with Crippen molar-refractivity contribution in [3.05, 3.63) is 108 Å². The van der Waals surface area contributed by atoms with E-state index in [1.165, 1.54) is 5.56 Å². The van der Waals surface area contributed by atoms with Crippen LogP contribution in [-0.4, -0.2) is 34.9 Å². The van der Waals surface area contributed by atoms with Crippen molar-refractivity contribution < 1.29 is 24.2 Å². The Kier molecular flexibility index (Phi) is 7.24. The molecule has 1 heterocycles. The van der Waals surface area contributed by atoms with Gasteiger partial charge in [-0.2, -0.15) is 0 Å².